The molecule has 1 aliphatic rings. The summed E-state index contributed by atoms with van der Waals surface area (Å²) in [6, 6.07) is 15.9. The van der Waals surface area contributed by atoms with E-state index in [0.717, 1.165) is 31.4 Å². The van der Waals surface area contributed by atoms with Gasteiger partial charge in [-0.05, 0) is 73.0 Å². The number of carbonyl (C=O) groups excluding carboxylic acids is 2. The molecule has 3 N–H and O–H groups in total. The van der Waals surface area contributed by atoms with E-state index in [0.29, 0.717) is 22.5 Å². The van der Waals surface area contributed by atoms with Crippen molar-refractivity contribution in [1.82, 2.24) is 15.1 Å². The second-order valence-electron chi connectivity index (χ2n) is 9.54. The molecule has 0 bridgehead atoms. The molecule has 5 rings (SSSR count). The highest BCUT2D eigenvalue weighted by Gasteiger charge is 2.31. The van der Waals surface area contributed by atoms with Gasteiger partial charge in [-0.1, -0.05) is 18.6 Å². The zero-order valence-corrected chi connectivity index (χ0v) is 21.4. The number of alkyl halides is 3. The van der Waals surface area contributed by atoms with Crippen LogP contribution in [0.25, 0.3) is 11.3 Å². The number of hydrogen-bond donors (Lipinski definition) is 3. The molecule has 4 aromatic rings. The van der Waals surface area contributed by atoms with E-state index in [4.69, 9.17) is 0 Å². The van der Waals surface area contributed by atoms with E-state index in [2.05, 4.69) is 20.5 Å². The summed E-state index contributed by atoms with van der Waals surface area (Å²) in [5, 5.41) is 20.5. The lowest BCUT2D eigenvalue weighted by Crippen LogP contribution is -2.31. The Kier molecular flexibility index (Phi) is 7.64. The number of aromatic hydroxyl groups is 1. The molecule has 8 nitrogen and oxygen atoms in total. The van der Waals surface area contributed by atoms with Crippen LogP contribution in [0.3, 0.4) is 0 Å². The summed E-state index contributed by atoms with van der Waals surface area (Å²) >= 11 is 0. The van der Waals surface area contributed by atoms with E-state index in [-0.39, 0.29) is 29.5 Å². The molecule has 0 atom stereocenters. The molecule has 3 aromatic carbocycles. The number of halogens is 4. The average Bonchev–Trinajstić information content (AvgIpc) is 3.30. The normalized spacial score (nSPS) is 13.4. The number of nitrogens with one attached hydrogen (secondary N) is 2. The van der Waals surface area contributed by atoms with Crippen molar-refractivity contribution in [3.05, 3.63) is 95.4 Å². The van der Waals surface area contributed by atoms with Crippen LogP contribution in [0.4, 0.5) is 28.0 Å². The van der Waals surface area contributed by atoms with Gasteiger partial charge < -0.3 is 20.5 Å². The molecule has 0 saturated heterocycles. The van der Waals surface area contributed by atoms with Crippen molar-refractivity contribution in [1.29, 1.82) is 0 Å². The molecular formula is C29H24F4N4O4. The van der Waals surface area contributed by atoms with Crippen LogP contribution in [0.5, 0.6) is 11.5 Å². The number of hydrogen-bond acceptors (Lipinski definition) is 5. The van der Waals surface area contributed by atoms with Crippen LogP contribution in [0.1, 0.15) is 46.8 Å². The highest BCUT2D eigenvalue weighted by molar-refractivity contribution is 6.04. The van der Waals surface area contributed by atoms with Gasteiger partial charge in [-0.15, -0.1) is 13.2 Å². The first-order valence-electron chi connectivity index (χ1n) is 12.7. The van der Waals surface area contributed by atoms with Crippen molar-refractivity contribution in [2.45, 2.75) is 38.1 Å². The number of ether oxygens (including phenoxy) is 1. The lowest BCUT2D eigenvalue weighted by Gasteiger charge is -2.25. The molecule has 2 amide bonds. The molecule has 1 saturated carbocycles. The van der Waals surface area contributed by atoms with Crippen molar-refractivity contribution >= 4 is 17.6 Å². The number of benzene rings is 3. The minimum absolute atomic E-state index is 0.0798. The first kappa shape index (κ1) is 27.7. The quantitative estimate of drug-likeness (QED) is 0.219. The topological polar surface area (TPSA) is 105 Å². The van der Waals surface area contributed by atoms with Crippen molar-refractivity contribution in [2.24, 2.45) is 0 Å². The zero-order chi connectivity index (χ0) is 29.1. The lowest BCUT2D eigenvalue weighted by molar-refractivity contribution is -0.274. The highest BCUT2D eigenvalue weighted by atomic mass is 19.4. The summed E-state index contributed by atoms with van der Waals surface area (Å²) in [7, 11) is 0. The van der Waals surface area contributed by atoms with E-state index < -0.39 is 29.9 Å². The maximum atomic E-state index is 13.5. The van der Waals surface area contributed by atoms with E-state index in [1.54, 1.807) is 18.2 Å². The number of phenols is 1. The molecule has 212 valence electrons. The summed E-state index contributed by atoms with van der Waals surface area (Å²) in [5.41, 5.74) is 2.28. The summed E-state index contributed by atoms with van der Waals surface area (Å²) in [4.78, 5) is 25.6. The van der Waals surface area contributed by atoms with Crippen LogP contribution in [0.2, 0.25) is 0 Å². The highest BCUT2D eigenvalue weighted by Crippen LogP contribution is 2.39. The summed E-state index contributed by atoms with van der Waals surface area (Å²) in [6.45, 7) is 0.105. The molecule has 0 radical (unpaired) electrons. The molecule has 1 heterocycles. The summed E-state index contributed by atoms with van der Waals surface area (Å²) in [6.07, 6.45) is -2.04. The van der Waals surface area contributed by atoms with Gasteiger partial charge in [0, 0.05) is 35.3 Å². The van der Waals surface area contributed by atoms with Crippen LogP contribution in [0, 0.1) is 5.82 Å². The van der Waals surface area contributed by atoms with Crippen molar-refractivity contribution in [3.63, 3.8) is 0 Å². The third-order valence-electron chi connectivity index (χ3n) is 6.67. The van der Waals surface area contributed by atoms with Gasteiger partial charge in [-0.2, -0.15) is 9.78 Å². The van der Waals surface area contributed by atoms with Gasteiger partial charge in [-0.25, -0.2) is 9.18 Å². The van der Waals surface area contributed by atoms with E-state index in [9.17, 15) is 32.3 Å². The second-order valence-corrected chi connectivity index (χ2v) is 9.54. The van der Waals surface area contributed by atoms with Crippen LogP contribution < -0.4 is 15.4 Å². The van der Waals surface area contributed by atoms with E-state index in [1.807, 2.05) is 0 Å². The number of nitrogens with zero attached hydrogens (tertiary/aromatic N) is 2. The van der Waals surface area contributed by atoms with Gasteiger partial charge in [0.2, 0.25) is 0 Å². The number of rotatable bonds is 7. The fraction of sp³-hybridized carbons (Fsp3) is 0.207. The Bertz CT molecular complexity index is 1580. The Balaban J connectivity index is 1.31. The van der Waals surface area contributed by atoms with Gasteiger partial charge in [0.05, 0.1) is 11.4 Å². The molecule has 1 fully saturated rings. The minimum atomic E-state index is -4.84. The Morgan fingerprint density at radius 3 is 2.41 bits per heavy atom. The fourth-order valence-corrected chi connectivity index (χ4v) is 4.42. The SMILES string of the molecule is O=C(Nc1ccc(-c2cc(C3CCC3)n(C(=O)NCc3cccc(F)c3)n2)c(O)c1)c1ccc(OC(F)(F)F)cc1. The van der Waals surface area contributed by atoms with E-state index in [1.165, 1.54) is 47.1 Å². The molecular weight excluding hydrogens is 544 g/mol. The predicted molar refractivity (Wildman–Crippen MR) is 141 cm³/mol. The minimum Gasteiger partial charge on any atom is -0.507 e. The Morgan fingerprint density at radius 1 is 1.02 bits per heavy atom. The maximum Gasteiger partial charge on any atom is 0.573 e. The maximum absolute atomic E-state index is 13.5. The number of amides is 2. The lowest BCUT2D eigenvalue weighted by atomic mass is 9.82. The van der Waals surface area contributed by atoms with Crippen molar-refractivity contribution < 1.29 is 37.0 Å². The van der Waals surface area contributed by atoms with Crippen molar-refractivity contribution in [3.8, 4) is 22.8 Å². The van der Waals surface area contributed by atoms with Crippen molar-refractivity contribution in [2.75, 3.05) is 5.32 Å². The Labute approximate surface area is 231 Å². The number of anilines is 1. The molecule has 41 heavy (non-hydrogen) atoms. The van der Waals surface area contributed by atoms with Gasteiger partial charge >= 0.3 is 12.4 Å². The van der Waals surface area contributed by atoms with Gasteiger partial charge in [-0.3, -0.25) is 4.79 Å². The predicted octanol–water partition coefficient (Wildman–Crippen LogP) is 6.57. The Hall–Kier alpha value is -4.87. The monoisotopic (exact) mass is 568 g/mol. The molecule has 0 aliphatic heterocycles. The van der Waals surface area contributed by atoms with Crippen LogP contribution in [-0.2, 0) is 6.54 Å². The smallest absolute Gasteiger partial charge is 0.507 e. The molecule has 0 spiro atoms. The zero-order valence-electron chi connectivity index (χ0n) is 21.4. The standard InChI is InChI=1S/C29H24F4N4O4/c30-20-6-1-3-17(13-20)16-34-28(40)37-25(18-4-2-5-18)15-24(36-37)23-12-9-21(14-26(23)38)35-27(39)19-7-10-22(11-8-19)41-29(31,32)33/h1,3,6-15,18,38H,2,4-5,16H2,(H,34,40)(H,35,39). The third-order valence-corrected chi connectivity index (χ3v) is 6.67. The molecule has 12 heteroatoms. The second kappa shape index (κ2) is 11.3. The van der Waals surface area contributed by atoms with Gasteiger partial charge in [0.15, 0.2) is 0 Å². The molecule has 1 aliphatic carbocycles. The number of aromatic nitrogens is 2. The molecule has 1 aromatic heterocycles. The first-order chi connectivity index (χ1) is 19.6. The van der Waals surface area contributed by atoms with Crippen LogP contribution >= 0.6 is 0 Å². The van der Waals surface area contributed by atoms with Crippen LogP contribution in [0.15, 0.2) is 72.8 Å². The van der Waals surface area contributed by atoms with Gasteiger partial charge in [0.25, 0.3) is 5.91 Å². The fourth-order valence-electron chi connectivity index (χ4n) is 4.42. The largest absolute Gasteiger partial charge is 0.573 e. The van der Waals surface area contributed by atoms with E-state index >= 15 is 0 Å². The van der Waals surface area contributed by atoms with Gasteiger partial charge in [0.1, 0.15) is 17.3 Å². The number of phenolic OH excluding ortho intramolecular Hbond substituents is 1. The first-order valence-corrected chi connectivity index (χ1v) is 12.7. The summed E-state index contributed by atoms with van der Waals surface area (Å²) < 4.78 is 55.6. The summed E-state index contributed by atoms with van der Waals surface area (Å²) in [5.74, 6) is -1.55. The van der Waals surface area contributed by atoms with Crippen LogP contribution in [-0.4, -0.2) is 33.2 Å². The third kappa shape index (κ3) is 6.65. The molecule has 0 unspecified atom stereocenters. The Morgan fingerprint density at radius 2 is 1.78 bits per heavy atom. The average molecular weight is 569 g/mol. The number of carbonyl (C=O) groups is 2.